The molecule has 1 N–H and O–H groups in total. The number of hydrogen-bond donors (Lipinski definition) is 1. The molecule has 1 unspecified atom stereocenters. The van der Waals surface area contributed by atoms with Crippen molar-refractivity contribution in [1.29, 1.82) is 0 Å². The average Bonchev–Trinajstić information content (AvgIpc) is 2.55. The van der Waals surface area contributed by atoms with Gasteiger partial charge in [0.25, 0.3) is 0 Å². The van der Waals surface area contributed by atoms with E-state index in [4.69, 9.17) is 9.47 Å². The normalized spacial score (nSPS) is 18.1. The van der Waals surface area contributed by atoms with E-state index in [0.29, 0.717) is 12.4 Å². The van der Waals surface area contributed by atoms with Gasteiger partial charge < -0.3 is 14.8 Å². The Labute approximate surface area is 122 Å². The first-order chi connectivity index (χ1) is 10.3. The third-order valence-electron chi connectivity index (χ3n) is 3.34. The van der Waals surface area contributed by atoms with Gasteiger partial charge in [-0.2, -0.15) is 0 Å². The fraction of sp³-hybridized carbons (Fsp3) is 0.267. The molecule has 3 heterocycles. The van der Waals surface area contributed by atoms with Crippen molar-refractivity contribution < 1.29 is 14.3 Å². The van der Waals surface area contributed by atoms with Gasteiger partial charge in [0.15, 0.2) is 0 Å². The molecule has 21 heavy (non-hydrogen) atoms. The van der Waals surface area contributed by atoms with Crippen LogP contribution in [0.3, 0.4) is 0 Å². The van der Waals surface area contributed by atoms with E-state index in [1.165, 1.54) is 0 Å². The Morgan fingerprint density at radius 2 is 2.24 bits per heavy atom. The summed E-state index contributed by atoms with van der Waals surface area (Å²) in [6.45, 7) is 0.536. The van der Waals surface area contributed by atoms with Gasteiger partial charge in [-0.15, -0.1) is 0 Å². The van der Waals surface area contributed by atoms with Crippen molar-refractivity contribution in [3.63, 3.8) is 0 Å². The van der Waals surface area contributed by atoms with Gasteiger partial charge in [-0.1, -0.05) is 0 Å². The number of hydrogen-bond acceptors (Lipinski definition) is 5. The molecular formula is C15H15N3O3. The number of aromatic nitrogens is 2. The van der Waals surface area contributed by atoms with Crippen molar-refractivity contribution >= 4 is 5.91 Å². The molecule has 1 aliphatic rings. The van der Waals surface area contributed by atoms with Crippen LogP contribution in [0.25, 0.3) is 11.1 Å². The highest BCUT2D eigenvalue weighted by atomic mass is 16.5. The Hall–Kier alpha value is -2.47. The van der Waals surface area contributed by atoms with E-state index < -0.39 is 0 Å². The van der Waals surface area contributed by atoms with Crippen LogP contribution in [-0.4, -0.2) is 36.2 Å². The first kappa shape index (κ1) is 13.5. The molecule has 1 aliphatic heterocycles. The van der Waals surface area contributed by atoms with Gasteiger partial charge in [0.1, 0.15) is 12.4 Å². The molecule has 6 nitrogen and oxygen atoms in total. The summed E-state index contributed by atoms with van der Waals surface area (Å²) in [5, 5.41) is 2.92. The molecule has 1 fully saturated rings. The minimum atomic E-state index is -0.207. The smallest absolute Gasteiger partial charge is 0.246 e. The maximum atomic E-state index is 11.5. The van der Waals surface area contributed by atoms with Crippen LogP contribution in [0.15, 0.2) is 36.9 Å². The van der Waals surface area contributed by atoms with Gasteiger partial charge in [0.05, 0.1) is 26.0 Å². The molecule has 1 saturated heterocycles. The summed E-state index contributed by atoms with van der Waals surface area (Å²) in [5.74, 6) is 0.559. The topological polar surface area (TPSA) is 73.3 Å². The minimum Gasteiger partial charge on any atom is -0.495 e. The molecular weight excluding hydrogens is 270 g/mol. The Kier molecular flexibility index (Phi) is 3.79. The van der Waals surface area contributed by atoms with E-state index >= 15 is 0 Å². The van der Waals surface area contributed by atoms with E-state index in [2.05, 4.69) is 15.3 Å². The van der Waals surface area contributed by atoms with E-state index in [9.17, 15) is 4.79 Å². The van der Waals surface area contributed by atoms with Crippen molar-refractivity contribution in [2.45, 2.75) is 6.04 Å². The first-order valence-electron chi connectivity index (χ1n) is 6.58. The van der Waals surface area contributed by atoms with Crippen LogP contribution in [0.5, 0.6) is 5.75 Å². The van der Waals surface area contributed by atoms with Crippen molar-refractivity contribution in [2.24, 2.45) is 0 Å². The van der Waals surface area contributed by atoms with Crippen molar-refractivity contribution in [3.8, 4) is 16.9 Å². The second-order valence-electron chi connectivity index (χ2n) is 4.71. The van der Waals surface area contributed by atoms with Crippen LogP contribution in [0, 0.1) is 0 Å². The van der Waals surface area contributed by atoms with E-state index in [1.54, 1.807) is 31.9 Å². The Bertz CT molecular complexity index is 660. The third kappa shape index (κ3) is 2.85. The SMILES string of the molecule is COc1cncc(-c2ccncc2C2COCC(=O)N2)c1. The molecule has 0 spiro atoms. The number of morpholine rings is 1. The van der Waals surface area contributed by atoms with Crippen LogP contribution >= 0.6 is 0 Å². The van der Waals surface area contributed by atoms with Crippen molar-refractivity contribution in [1.82, 2.24) is 15.3 Å². The van der Waals surface area contributed by atoms with Crippen LogP contribution in [0.2, 0.25) is 0 Å². The number of amides is 1. The number of rotatable bonds is 3. The second-order valence-corrected chi connectivity index (χ2v) is 4.71. The molecule has 2 aromatic rings. The second kappa shape index (κ2) is 5.88. The van der Waals surface area contributed by atoms with Gasteiger partial charge in [-0.3, -0.25) is 14.8 Å². The predicted octanol–water partition coefficient (Wildman–Crippen LogP) is 1.34. The summed E-state index contributed by atoms with van der Waals surface area (Å²) in [7, 11) is 1.60. The molecule has 3 rings (SSSR count). The molecule has 6 heteroatoms. The maximum Gasteiger partial charge on any atom is 0.246 e. The van der Waals surface area contributed by atoms with E-state index in [0.717, 1.165) is 16.7 Å². The van der Waals surface area contributed by atoms with Gasteiger partial charge in [0.2, 0.25) is 5.91 Å². The van der Waals surface area contributed by atoms with Crippen molar-refractivity contribution in [2.75, 3.05) is 20.3 Å². The molecule has 2 aromatic heterocycles. The lowest BCUT2D eigenvalue weighted by Gasteiger charge is -2.25. The minimum absolute atomic E-state index is 0.104. The molecule has 0 aromatic carbocycles. The highest BCUT2D eigenvalue weighted by Crippen LogP contribution is 2.30. The Balaban J connectivity index is 2.00. The van der Waals surface area contributed by atoms with Gasteiger partial charge in [0, 0.05) is 29.7 Å². The fourth-order valence-corrected chi connectivity index (χ4v) is 2.34. The number of pyridine rings is 2. The lowest BCUT2D eigenvalue weighted by atomic mass is 9.97. The zero-order valence-electron chi connectivity index (χ0n) is 11.6. The monoisotopic (exact) mass is 285 g/mol. The molecule has 1 atom stereocenters. The zero-order valence-corrected chi connectivity index (χ0v) is 11.6. The van der Waals surface area contributed by atoms with Crippen LogP contribution in [-0.2, 0) is 9.53 Å². The number of carbonyl (C=O) groups excluding carboxylic acids is 1. The standard InChI is InChI=1S/C15H15N3O3/c1-20-11-4-10(5-17-6-11)12-2-3-16-7-13(12)14-8-21-9-15(19)18-14/h2-7,14H,8-9H2,1H3,(H,18,19). The average molecular weight is 285 g/mol. The molecule has 0 bridgehead atoms. The highest BCUT2D eigenvalue weighted by molar-refractivity contribution is 5.79. The summed E-state index contributed by atoms with van der Waals surface area (Å²) in [6, 6.07) is 3.59. The van der Waals surface area contributed by atoms with Gasteiger partial charge >= 0.3 is 0 Å². The maximum absolute atomic E-state index is 11.5. The molecule has 0 radical (unpaired) electrons. The largest absolute Gasteiger partial charge is 0.495 e. The molecule has 0 aliphatic carbocycles. The fourth-order valence-electron chi connectivity index (χ4n) is 2.34. The summed E-state index contributed by atoms with van der Waals surface area (Å²) < 4.78 is 10.5. The van der Waals surface area contributed by atoms with E-state index in [1.807, 2.05) is 12.1 Å². The summed E-state index contributed by atoms with van der Waals surface area (Å²) in [4.78, 5) is 19.8. The lowest BCUT2D eigenvalue weighted by Crippen LogP contribution is -2.40. The number of carbonyl (C=O) groups is 1. The number of nitrogens with one attached hydrogen (secondary N) is 1. The molecule has 0 saturated carbocycles. The van der Waals surface area contributed by atoms with Crippen LogP contribution in [0.1, 0.15) is 11.6 Å². The number of methoxy groups -OCH3 is 1. The van der Waals surface area contributed by atoms with Gasteiger partial charge in [-0.05, 0) is 17.7 Å². The number of ether oxygens (including phenoxy) is 2. The molecule has 1 amide bonds. The molecule has 108 valence electrons. The summed E-state index contributed by atoms with van der Waals surface area (Å²) >= 11 is 0. The van der Waals surface area contributed by atoms with Crippen LogP contribution in [0.4, 0.5) is 0 Å². The lowest BCUT2D eigenvalue weighted by molar-refractivity contribution is -0.131. The van der Waals surface area contributed by atoms with Gasteiger partial charge in [-0.25, -0.2) is 0 Å². The highest BCUT2D eigenvalue weighted by Gasteiger charge is 2.23. The van der Waals surface area contributed by atoms with Crippen LogP contribution < -0.4 is 10.1 Å². The first-order valence-corrected chi connectivity index (χ1v) is 6.58. The summed E-state index contributed by atoms with van der Waals surface area (Å²) in [6.07, 6.45) is 6.86. The number of nitrogens with zero attached hydrogens (tertiary/aromatic N) is 2. The summed E-state index contributed by atoms with van der Waals surface area (Å²) in [5.41, 5.74) is 2.76. The quantitative estimate of drug-likeness (QED) is 0.921. The Morgan fingerprint density at radius 1 is 1.33 bits per heavy atom. The zero-order chi connectivity index (χ0) is 14.7. The Morgan fingerprint density at radius 3 is 3.05 bits per heavy atom. The van der Waals surface area contributed by atoms with E-state index in [-0.39, 0.29) is 18.6 Å². The van der Waals surface area contributed by atoms with Crippen molar-refractivity contribution in [3.05, 3.63) is 42.5 Å². The third-order valence-corrected chi connectivity index (χ3v) is 3.34. The predicted molar refractivity (Wildman–Crippen MR) is 75.7 cm³/mol.